The van der Waals surface area contributed by atoms with Crippen LogP contribution in [0.25, 0.3) is 5.57 Å². The van der Waals surface area contributed by atoms with Crippen molar-refractivity contribution in [1.82, 2.24) is 14.5 Å². The van der Waals surface area contributed by atoms with Crippen molar-refractivity contribution in [3.05, 3.63) is 49.7 Å². The number of allylic oxidation sites excluding steroid dienone is 4. The number of carbonyl (C=O) groups is 1. The Labute approximate surface area is 171 Å². The maximum absolute atomic E-state index is 12.6. The number of halogens is 1. The number of thioether (sulfide) groups is 1. The summed E-state index contributed by atoms with van der Waals surface area (Å²) in [5, 5.41) is 10.4. The van der Waals surface area contributed by atoms with Crippen LogP contribution in [0.15, 0.2) is 34.4 Å². The lowest BCUT2D eigenvalue weighted by molar-refractivity contribution is 0.102. The van der Waals surface area contributed by atoms with Crippen LogP contribution in [0.5, 0.6) is 5.88 Å². The molecule has 0 amide bonds. The van der Waals surface area contributed by atoms with E-state index in [0.29, 0.717) is 14.9 Å². The molecule has 146 valence electrons. The van der Waals surface area contributed by atoms with Gasteiger partial charge in [0.15, 0.2) is 15.4 Å². The van der Waals surface area contributed by atoms with Crippen molar-refractivity contribution < 1.29 is 9.90 Å². The summed E-state index contributed by atoms with van der Waals surface area (Å²) in [6, 6.07) is 0. The average Bonchev–Trinajstić information content (AvgIpc) is 3.10. The number of carbonyl (C=O) groups excluding carboxylic acids is 1. The molecule has 2 aromatic rings. The normalized spacial score (nSPS) is 11.4. The summed E-state index contributed by atoms with van der Waals surface area (Å²) in [6.45, 7) is 7.59. The predicted molar refractivity (Wildman–Crippen MR) is 113 cm³/mol. The highest BCUT2D eigenvalue weighted by atomic mass is 35.5. The number of hydrogen-bond acceptors (Lipinski definition) is 7. The number of aromatic nitrogens is 3. The van der Waals surface area contributed by atoms with Gasteiger partial charge < -0.3 is 5.11 Å². The molecule has 0 aliphatic heterocycles. The van der Waals surface area contributed by atoms with Gasteiger partial charge in [0.2, 0.25) is 5.88 Å². The maximum atomic E-state index is 12.6. The third-order valence-corrected chi connectivity index (χ3v) is 5.45. The van der Waals surface area contributed by atoms with Gasteiger partial charge in [0, 0.05) is 7.05 Å². The SMILES string of the molecule is C/C=C\C(=C/C)c1c(O)nc(SCC(=O)c2cnc(Cl)s2)n(C)c1=O.CC. The van der Waals surface area contributed by atoms with E-state index in [-0.39, 0.29) is 33.7 Å². The second kappa shape index (κ2) is 11.1. The Hall–Kier alpha value is -1.90. The van der Waals surface area contributed by atoms with Crippen LogP contribution in [0, 0.1) is 0 Å². The fraction of sp³-hybridized carbons (Fsp3) is 0.333. The number of aromatic hydroxyl groups is 1. The fourth-order valence-corrected chi connectivity index (χ4v) is 3.85. The molecule has 2 rings (SSSR count). The van der Waals surface area contributed by atoms with E-state index in [0.717, 1.165) is 23.1 Å². The Bertz CT molecular complexity index is 917. The molecule has 1 N–H and O–H groups in total. The van der Waals surface area contributed by atoms with Crippen LogP contribution in [0.2, 0.25) is 4.47 Å². The highest BCUT2D eigenvalue weighted by molar-refractivity contribution is 7.99. The minimum Gasteiger partial charge on any atom is -0.493 e. The van der Waals surface area contributed by atoms with Crippen molar-refractivity contribution in [2.24, 2.45) is 7.05 Å². The smallest absolute Gasteiger partial charge is 0.265 e. The van der Waals surface area contributed by atoms with Crippen LogP contribution in [-0.4, -0.2) is 31.2 Å². The molecule has 0 unspecified atom stereocenters. The topological polar surface area (TPSA) is 85.1 Å². The summed E-state index contributed by atoms with van der Waals surface area (Å²) >= 11 is 7.89. The zero-order valence-electron chi connectivity index (χ0n) is 15.8. The van der Waals surface area contributed by atoms with Crippen LogP contribution in [0.4, 0.5) is 0 Å². The van der Waals surface area contributed by atoms with Crippen LogP contribution < -0.4 is 5.56 Å². The highest BCUT2D eigenvalue weighted by Crippen LogP contribution is 2.25. The lowest BCUT2D eigenvalue weighted by Gasteiger charge is -2.11. The number of Topliss-reactive ketones (excluding diaryl/α,β-unsaturated/α-hetero) is 1. The van der Waals surface area contributed by atoms with Gasteiger partial charge in [-0.05, 0) is 19.4 Å². The molecule has 0 aliphatic carbocycles. The van der Waals surface area contributed by atoms with Gasteiger partial charge in [-0.2, -0.15) is 4.98 Å². The molecule has 0 saturated carbocycles. The summed E-state index contributed by atoms with van der Waals surface area (Å²) in [5.41, 5.74) is 0.336. The molecule has 6 nitrogen and oxygen atoms in total. The van der Waals surface area contributed by atoms with E-state index >= 15 is 0 Å². The zero-order chi connectivity index (χ0) is 20.6. The van der Waals surface area contributed by atoms with Gasteiger partial charge in [0.05, 0.1) is 16.8 Å². The van der Waals surface area contributed by atoms with E-state index in [1.54, 1.807) is 32.2 Å². The van der Waals surface area contributed by atoms with Crippen molar-refractivity contribution in [3.63, 3.8) is 0 Å². The maximum Gasteiger partial charge on any atom is 0.265 e. The standard InChI is InChI=1S/C16H16ClN3O3S2.C2H6/c1-4-6-9(5-2)12-13(22)19-16(20(3)14(12)23)24-8-10(21)11-7-18-15(17)25-11;1-2/h4-7,22H,8H2,1-3H3;1-2H3/b6-4-,9-5+;. The molecule has 0 fully saturated rings. The van der Waals surface area contributed by atoms with Gasteiger partial charge in [-0.25, -0.2) is 4.98 Å². The largest absolute Gasteiger partial charge is 0.493 e. The summed E-state index contributed by atoms with van der Waals surface area (Å²) in [5.74, 6) is -0.469. The quantitative estimate of drug-likeness (QED) is 0.314. The first kappa shape index (κ1) is 23.1. The third kappa shape index (κ3) is 5.79. The van der Waals surface area contributed by atoms with E-state index in [1.807, 2.05) is 20.8 Å². The molecule has 0 bridgehead atoms. The molecule has 2 heterocycles. The minimum absolute atomic E-state index is 0.0585. The minimum atomic E-state index is -0.380. The lowest BCUT2D eigenvalue weighted by Crippen LogP contribution is -2.23. The van der Waals surface area contributed by atoms with E-state index in [2.05, 4.69) is 9.97 Å². The van der Waals surface area contributed by atoms with E-state index < -0.39 is 0 Å². The Kier molecular flexibility index (Phi) is 9.48. The first-order valence-electron chi connectivity index (χ1n) is 8.25. The van der Waals surface area contributed by atoms with Gasteiger partial charge >= 0.3 is 0 Å². The van der Waals surface area contributed by atoms with Gasteiger partial charge in [0.25, 0.3) is 5.56 Å². The molecule has 0 radical (unpaired) electrons. The Morgan fingerprint density at radius 1 is 1.41 bits per heavy atom. The Balaban J connectivity index is 0.00000176. The van der Waals surface area contributed by atoms with E-state index in [4.69, 9.17) is 11.6 Å². The second-order valence-electron chi connectivity index (χ2n) is 4.89. The number of thiazole rings is 1. The van der Waals surface area contributed by atoms with Crippen LogP contribution in [0.3, 0.4) is 0 Å². The van der Waals surface area contributed by atoms with Gasteiger partial charge in [-0.1, -0.05) is 66.8 Å². The predicted octanol–water partition coefficient (Wildman–Crippen LogP) is 4.58. The van der Waals surface area contributed by atoms with Crippen molar-refractivity contribution in [2.75, 3.05) is 5.75 Å². The van der Waals surface area contributed by atoms with Crippen molar-refractivity contribution in [3.8, 4) is 5.88 Å². The van der Waals surface area contributed by atoms with Crippen LogP contribution in [-0.2, 0) is 7.05 Å². The molecule has 2 aromatic heterocycles. The lowest BCUT2D eigenvalue weighted by atomic mass is 10.1. The highest BCUT2D eigenvalue weighted by Gasteiger charge is 2.18. The molecular formula is C18H22ClN3O3S2. The molecule has 9 heteroatoms. The molecule has 27 heavy (non-hydrogen) atoms. The molecule has 0 spiro atoms. The summed E-state index contributed by atoms with van der Waals surface area (Å²) in [7, 11) is 1.55. The first-order valence-corrected chi connectivity index (χ1v) is 10.4. The number of ketones is 1. The number of rotatable bonds is 6. The van der Waals surface area contributed by atoms with Crippen molar-refractivity contribution in [2.45, 2.75) is 32.9 Å². The van der Waals surface area contributed by atoms with Gasteiger partial charge in [0.1, 0.15) is 5.56 Å². The third-order valence-electron chi connectivity index (χ3n) is 3.26. The van der Waals surface area contributed by atoms with Gasteiger partial charge in [-0.15, -0.1) is 0 Å². The first-order chi connectivity index (χ1) is 12.9. The number of nitrogens with zero attached hydrogens (tertiary/aromatic N) is 3. The molecule has 0 atom stereocenters. The van der Waals surface area contributed by atoms with Gasteiger partial charge in [-0.3, -0.25) is 14.2 Å². The Morgan fingerprint density at radius 3 is 2.59 bits per heavy atom. The van der Waals surface area contributed by atoms with E-state index in [9.17, 15) is 14.7 Å². The average molecular weight is 428 g/mol. The summed E-state index contributed by atoms with van der Waals surface area (Å²) in [4.78, 5) is 33.0. The van der Waals surface area contributed by atoms with Crippen molar-refractivity contribution >= 4 is 46.1 Å². The van der Waals surface area contributed by atoms with Crippen LogP contribution >= 0.6 is 34.7 Å². The van der Waals surface area contributed by atoms with Crippen molar-refractivity contribution in [1.29, 1.82) is 0 Å². The molecule has 0 aliphatic rings. The molecular weight excluding hydrogens is 406 g/mol. The van der Waals surface area contributed by atoms with E-state index in [1.165, 1.54) is 10.8 Å². The zero-order valence-corrected chi connectivity index (χ0v) is 18.2. The second-order valence-corrected chi connectivity index (χ2v) is 7.45. The summed E-state index contributed by atoms with van der Waals surface area (Å²) in [6.07, 6.45) is 6.64. The monoisotopic (exact) mass is 427 g/mol. The van der Waals surface area contributed by atoms with Crippen LogP contribution in [0.1, 0.15) is 42.9 Å². The molecule has 0 saturated heterocycles. The fourth-order valence-electron chi connectivity index (χ4n) is 2.04. The Morgan fingerprint density at radius 2 is 2.07 bits per heavy atom. The molecule has 0 aromatic carbocycles. The summed E-state index contributed by atoms with van der Waals surface area (Å²) < 4.78 is 1.61. The number of hydrogen-bond donors (Lipinski definition) is 1.